The van der Waals surface area contributed by atoms with E-state index < -0.39 is 5.91 Å². The van der Waals surface area contributed by atoms with Crippen LogP contribution in [0.2, 0.25) is 5.15 Å². The molecule has 4 rings (SSSR count). The van der Waals surface area contributed by atoms with Gasteiger partial charge in [0.2, 0.25) is 0 Å². The molecule has 3 unspecified atom stereocenters. The highest BCUT2D eigenvalue weighted by Gasteiger charge is 2.54. The third-order valence-electron chi connectivity index (χ3n) is 4.74. The fourth-order valence-corrected chi connectivity index (χ4v) is 3.81. The lowest BCUT2D eigenvalue weighted by atomic mass is 10.0. The van der Waals surface area contributed by atoms with Crippen LogP contribution in [-0.4, -0.2) is 22.6 Å². The minimum absolute atomic E-state index is 0.163. The van der Waals surface area contributed by atoms with Crippen molar-refractivity contribution in [2.45, 2.75) is 12.3 Å². The maximum Gasteiger partial charge on any atom is 0.252 e. The molecule has 22 heavy (non-hydrogen) atoms. The first-order chi connectivity index (χ1) is 10.6. The monoisotopic (exact) mass is 314 g/mol. The summed E-state index contributed by atoms with van der Waals surface area (Å²) in [4.78, 5) is 11.4. The van der Waals surface area contributed by atoms with Crippen molar-refractivity contribution in [3.05, 3.63) is 52.2 Å². The number of nitrogens with two attached hydrogens (primary N) is 1. The van der Waals surface area contributed by atoms with Crippen LogP contribution in [0, 0.1) is 11.8 Å². The number of benzene rings is 1. The summed E-state index contributed by atoms with van der Waals surface area (Å²) in [5, 5.41) is 11.1. The number of amides is 1. The summed E-state index contributed by atoms with van der Waals surface area (Å²) in [6.07, 6.45) is 1.14. The van der Waals surface area contributed by atoms with Gasteiger partial charge in [-0.25, -0.2) is 0 Å². The van der Waals surface area contributed by atoms with Crippen LogP contribution in [0.1, 0.15) is 27.4 Å². The van der Waals surface area contributed by atoms with Gasteiger partial charge in [0.05, 0.1) is 5.56 Å². The normalized spacial score (nSPS) is 24.5. The number of primary amides is 1. The molecule has 2 aromatic rings. The smallest absolute Gasteiger partial charge is 0.252 e. The number of anilines is 1. The molecule has 0 radical (unpaired) electrons. The zero-order chi connectivity index (χ0) is 15.3. The largest absolute Gasteiger partial charge is 0.368 e. The first-order valence-corrected chi connectivity index (χ1v) is 7.67. The quantitative estimate of drug-likeness (QED) is 0.906. The van der Waals surface area contributed by atoms with Crippen LogP contribution in [0.4, 0.5) is 5.82 Å². The van der Waals surface area contributed by atoms with Gasteiger partial charge in [-0.3, -0.25) is 4.79 Å². The molecule has 0 bridgehead atoms. The van der Waals surface area contributed by atoms with Gasteiger partial charge in [-0.2, -0.15) is 0 Å². The lowest BCUT2D eigenvalue weighted by molar-refractivity contribution is 0.100. The molecule has 1 fully saturated rings. The van der Waals surface area contributed by atoms with Crippen molar-refractivity contribution in [1.29, 1.82) is 0 Å². The number of carbonyl (C=O) groups is 1. The summed E-state index contributed by atoms with van der Waals surface area (Å²) in [7, 11) is 0. The number of nitrogens with one attached hydrogen (secondary N) is 1. The van der Waals surface area contributed by atoms with Crippen molar-refractivity contribution in [1.82, 2.24) is 10.2 Å². The molecular weight excluding hydrogens is 300 g/mol. The highest BCUT2D eigenvalue weighted by atomic mass is 35.5. The lowest BCUT2D eigenvalue weighted by Gasteiger charge is -2.10. The molecule has 2 aliphatic carbocycles. The van der Waals surface area contributed by atoms with Crippen LogP contribution in [0.3, 0.4) is 0 Å². The number of hydrogen-bond donors (Lipinski definition) is 2. The molecule has 6 heteroatoms. The summed E-state index contributed by atoms with van der Waals surface area (Å²) in [6, 6.07) is 10.1. The van der Waals surface area contributed by atoms with Gasteiger partial charge >= 0.3 is 0 Å². The highest BCUT2D eigenvalue weighted by Crippen LogP contribution is 2.61. The third-order valence-corrected chi connectivity index (χ3v) is 4.92. The van der Waals surface area contributed by atoms with E-state index in [1.165, 1.54) is 17.2 Å². The van der Waals surface area contributed by atoms with Gasteiger partial charge < -0.3 is 11.1 Å². The molecule has 2 aliphatic rings. The number of carbonyl (C=O) groups excluding carboxylic acids is 1. The van der Waals surface area contributed by atoms with Crippen molar-refractivity contribution in [2.24, 2.45) is 17.6 Å². The number of halogens is 1. The van der Waals surface area contributed by atoms with E-state index in [4.69, 9.17) is 17.3 Å². The number of fused-ring (bicyclic) bond motifs is 3. The Balaban J connectivity index is 1.47. The molecule has 3 atom stereocenters. The molecule has 1 saturated carbocycles. The van der Waals surface area contributed by atoms with Crippen molar-refractivity contribution in [3.8, 4) is 0 Å². The molecule has 1 amide bonds. The standard InChI is InChI=1S/C16H15ClN4O/c17-13-6-11(15(18)22)16(21-20-13)19-7-12-10-5-8-3-1-2-4-9(8)14(10)12/h1-4,6,10,12,14H,5,7H2,(H2,18,22)(H,19,21). The molecule has 0 spiro atoms. The van der Waals surface area contributed by atoms with Crippen LogP contribution in [0.15, 0.2) is 30.3 Å². The number of nitrogens with zero attached hydrogens (tertiary/aromatic N) is 2. The van der Waals surface area contributed by atoms with E-state index >= 15 is 0 Å². The summed E-state index contributed by atoms with van der Waals surface area (Å²) in [6.45, 7) is 0.764. The van der Waals surface area contributed by atoms with Gasteiger partial charge in [0.25, 0.3) is 5.91 Å². The zero-order valence-electron chi connectivity index (χ0n) is 11.8. The molecule has 0 aliphatic heterocycles. The van der Waals surface area contributed by atoms with Crippen LogP contribution < -0.4 is 11.1 Å². The molecule has 1 aromatic heterocycles. The third kappa shape index (κ3) is 2.13. The van der Waals surface area contributed by atoms with E-state index in [9.17, 15) is 4.79 Å². The van der Waals surface area contributed by atoms with E-state index in [2.05, 4.69) is 39.8 Å². The second kappa shape index (κ2) is 4.95. The fraction of sp³-hybridized carbons (Fsp3) is 0.312. The molecule has 3 N–H and O–H groups in total. The maximum atomic E-state index is 11.4. The van der Waals surface area contributed by atoms with E-state index in [-0.39, 0.29) is 10.7 Å². The number of aromatic nitrogens is 2. The van der Waals surface area contributed by atoms with Crippen LogP contribution in [-0.2, 0) is 6.42 Å². The lowest BCUT2D eigenvalue weighted by Crippen LogP contribution is -2.18. The van der Waals surface area contributed by atoms with Crippen LogP contribution >= 0.6 is 11.6 Å². The summed E-state index contributed by atoms with van der Waals surface area (Å²) >= 11 is 5.76. The minimum atomic E-state index is -0.555. The maximum absolute atomic E-state index is 11.4. The molecular formula is C16H15ClN4O. The molecule has 5 nitrogen and oxygen atoms in total. The van der Waals surface area contributed by atoms with Crippen LogP contribution in [0.5, 0.6) is 0 Å². The molecule has 112 valence electrons. The molecule has 0 saturated heterocycles. The zero-order valence-corrected chi connectivity index (χ0v) is 12.5. The minimum Gasteiger partial charge on any atom is -0.368 e. The van der Waals surface area contributed by atoms with Crippen molar-refractivity contribution in [3.63, 3.8) is 0 Å². The van der Waals surface area contributed by atoms with Crippen molar-refractivity contribution < 1.29 is 4.79 Å². The highest BCUT2D eigenvalue weighted by molar-refractivity contribution is 6.29. The Bertz CT molecular complexity index is 764. The van der Waals surface area contributed by atoms with Gasteiger partial charge in [0.1, 0.15) is 0 Å². The van der Waals surface area contributed by atoms with Gasteiger partial charge in [-0.15, -0.1) is 10.2 Å². The molecule has 1 heterocycles. The van der Waals surface area contributed by atoms with E-state index in [0.717, 1.165) is 13.0 Å². The van der Waals surface area contributed by atoms with Crippen LogP contribution in [0.25, 0.3) is 0 Å². The summed E-state index contributed by atoms with van der Waals surface area (Å²) in [5.74, 6) is 1.76. The number of rotatable bonds is 4. The number of hydrogen-bond acceptors (Lipinski definition) is 4. The Morgan fingerprint density at radius 2 is 2.18 bits per heavy atom. The predicted octanol–water partition coefficient (Wildman–Crippen LogP) is 2.23. The van der Waals surface area contributed by atoms with E-state index in [1.54, 1.807) is 0 Å². The van der Waals surface area contributed by atoms with Crippen molar-refractivity contribution in [2.75, 3.05) is 11.9 Å². The molecule has 1 aromatic carbocycles. The SMILES string of the molecule is NC(=O)c1cc(Cl)nnc1NCC1C2Cc3ccccc3C12. The Hall–Kier alpha value is -2.14. The van der Waals surface area contributed by atoms with E-state index in [0.29, 0.717) is 23.6 Å². The summed E-state index contributed by atoms with van der Waals surface area (Å²) < 4.78 is 0. The topological polar surface area (TPSA) is 80.9 Å². The average Bonchev–Trinajstić information content (AvgIpc) is 3.04. The fourth-order valence-electron chi connectivity index (χ4n) is 3.66. The predicted molar refractivity (Wildman–Crippen MR) is 83.9 cm³/mol. The second-order valence-electron chi connectivity index (χ2n) is 5.93. The van der Waals surface area contributed by atoms with Crippen molar-refractivity contribution >= 4 is 23.3 Å². The van der Waals surface area contributed by atoms with E-state index in [1.807, 2.05) is 0 Å². The summed E-state index contributed by atoms with van der Waals surface area (Å²) in [5.41, 5.74) is 8.58. The Labute approximate surface area is 132 Å². The second-order valence-corrected chi connectivity index (χ2v) is 6.32. The Kier molecular flexibility index (Phi) is 3.04. The Morgan fingerprint density at radius 3 is 3.00 bits per heavy atom. The van der Waals surface area contributed by atoms with Gasteiger partial charge in [-0.05, 0) is 41.4 Å². The first kappa shape index (κ1) is 13.5. The van der Waals surface area contributed by atoms with Gasteiger partial charge in [0.15, 0.2) is 11.0 Å². The Morgan fingerprint density at radius 1 is 1.36 bits per heavy atom. The first-order valence-electron chi connectivity index (χ1n) is 7.30. The van der Waals surface area contributed by atoms with Gasteiger partial charge in [0, 0.05) is 6.54 Å². The van der Waals surface area contributed by atoms with Gasteiger partial charge in [-0.1, -0.05) is 35.9 Å². The average molecular weight is 315 g/mol.